The van der Waals surface area contributed by atoms with Crippen molar-refractivity contribution >= 4 is 22.5 Å². The molecular formula is C24H22N4O. The van der Waals surface area contributed by atoms with Crippen molar-refractivity contribution in [1.29, 1.82) is 0 Å². The molecule has 0 saturated carbocycles. The number of anilines is 1. The minimum absolute atomic E-state index is 0.122. The van der Waals surface area contributed by atoms with E-state index in [9.17, 15) is 4.79 Å². The van der Waals surface area contributed by atoms with Gasteiger partial charge in [-0.15, -0.1) is 0 Å². The molecule has 0 radical (unpaired) electrons. The molecule has 0 spiro atoms. The van der Waals surface area contributed by atoms with Gasteiger partial charge in [-0.05, 0) is 28.8 Å². The summed E-state index contributed by atoms with van der Waals surface area (Å²) < 4.78 is 0. The summed E-state index contributed by atoms with van der Waals surface area (Å²) in [4.78, 5) is 15.3. The van der Waals surface area contributed by atoms with E-state index in [4.69, 9.17) is 0 Å². The number of benzene rings is 3. The fourth-order valence-electron chi connectivity index (χ4n) is 4.05. The number of nitrogens with one attached hydrogen (secondary N) is 2. The van der Waals surface area contributed by atoms with Crippen LogP contribution < -0.4 is 5.32 Å². The number of carbonyl (C=O) groups excluding carboxylic acids is 1. The Morgan fingerprint density at radius 1 is 1.00 bits per heavy atom. The molecule has 2 N–H and O–H groups in total. The molecular weight excluding hydrogens is 360 g/mol. The zero-order valence-corrected chi connectivity index (χ0v) is 16.1. The molecule has 5 rings (SSSR count). The van der Waals surface area contributed by atoms with Gasteiger partial charge in [-0.25, -0.2) is 0 Å². The number of H-pyrrole nitrogens is 1. The molecule has 1 aromatic heterocycles. The zero-order chi connectivity index (χ0) is 19.6. The van der Waals surface area contributed by atoms with Crippen LogP contribution in [0.3, 0.4) is 0 Å². The van der Waals surface area contributed by atoms with E-state index in [1.165, 1.54) is 5.56 Å². The molecule has 5 nitrogen and oxygen atoms in total. The maximum absolute atomic E-state index is 12.9. The van der Waals surface area contributed by atoms with Gasteiger partial charge in [0, 0.05) is 30.8 Å². The van der Waals surface area contributed by atoms with Crippen molar-refractivity contribution in [3.8, 4) is 0 Å². The van der Waals surface area contributed by atoms with Crippen LogP contribution in [0.1, 0.15) is 27.2 Å². The first-order chi connectivity index (χ1) is 14.3. The third-order valence-electron chi connectivity index (χ3n) is 5.53. The molecule has 29 heavy (non-hydrogen) atoms. The Bertz CT molecular complexity index is 1160. The predicted octanol–water partition coefficient (Wildman–Crippen LogP) is 4.37. The van der Waals surface area contributed by atoms with Gasteiger partial charge in [0.15, 0.2) is 5.82 Å². The van der Waals surface area contributed by atoms with Gasteiger partial charge in [-0.3, -0.25) is 14.8 Å². The number of hydrogen-bond donors (Lipinski definition) is 2. The predicted molar refractivity (Wildman–Crippen MR) is 115 cm³/mol. The molecule has 0 unspecified atom stereocenters. The Labute approximate surface area is 169 Å². The van der Waals surface area contributed by atoms with Crippen LogP contribution in [0.4, 0.5) is 5.82 Å². The summed E-state index contributed by atoms with van der Waals surface area (Å²) in [5.41, 5.74) is 4.17. The van der Waals surface area contributed by atoms with Crippen molar-refractivity contribution < 1.29 is 4.79 Å². The van der Waals surface area contributed by atoms with Crippen molar-refractivity contribution in [3.05, 3.63) is 95.2 Å². The monoisotopic (exact) mass is 382 g/mol. The summed E-state index contributed by atoms with van der Waals surface area (Å²) in [6, 6.07) is 24.2. The molecule has 1 aliphatic rings. The van der Waals surface area contributed by atoms with E-state index in [-0.39, 0.29) is 5.91 Å². The van der Waals surface area contributed by atoms with Crippen LogP contribution in [0.15, 0.2) is 72.8 Å². The summed E-state index contributed by atoms with van der Waals surface area (Å²) >= 11 is 0. The van der Waals surface area contributed by atoms with Crippen LogP contribution >= 0.6 is 0 Å². The smallest absolute Gasteiger partial charge is 0.257 e. The largest absolute Gasteiger partial charge is 0.305 e. The van der Waals surface area contributed by atoms with Gasteiger partial charge in [-0.2, -0.15) is 5.10 Å². The molecule has 0 aliphatic carbocycles. The van der Waals surface area contributed by atoms with Crippen molar-refractivity contribution in [2.24, 2.45) is 0 Å². The quantitative estimate of drug-likeness (QED) is 0.551. The van der Waals surface area contributed by atoms with Gasteiger partial charge in [0.2, 0.25) is 0 Å². The highest BCUT2D eigenvalue weighted by atomic mass is 16.1. The lowest BCUT2D eigenvalue weighted by Crippen LogP contribution is -2.30. The van der Waals surface area contributed by atoms with Crippen molar-refractivity contribution in [1.82, 2.24) is 15.1 Å². The maximum atomic E-state index is 12.9. The molecule has 0 bridgehead atoms. The standard InChI is InChI=1S/C24H22N4O/c29-24(20-12-6-10-18-9-4-5-11-19(18)20)25-23-21-13-14-28(16-22(21)26-27-23)15-17-7-2-1-3-8-17/h1-12H,13-16H2,(H2,25,26,27,29). The lowest BCUT2D eigenvalue weighted by molar-refractivity contribution is 0.102. The number of amides is 1. The maximum Gasteiger partial charge on any atom is 0.257 e. The van der Waals surface area contributed by atoms with Crippen LogP contribution in [0.5, 0.6) is 0 Å². The Morgan fingerprint density at radius 3 is 2.69 bits per heavy atom. The Kier molecular flexibility index (Phi) is 4.58. The summed E-state index contributed by atoms with van der Waals surface area (Å²) in [6.07, 6.45) is 0.865. The van der Waals surface area contributed by atoms with Gasteiger partial charge in [-0.1, -0.05) is 66.7 Å². The van der Waals surface area contributed by atoms with Crippen LogP contribution in [0.25, 0.3) is 10.8 Å². The second-order valence-corrected chi connectivity index (χ2v) is 7.46. The lowest BCUT2D eigenvalue weighted by atomic mass is 10.0. The molecule has 0 fully saturated rings. The molecule has 144 valence electrons. The summed E-state index contributed by atoms with van der Waals surface area (Å²) in [5.74, 6) is 0.528. The normalized spacial score (nSPS) is 13.9. The van der Waals surface area contributed by atoms with E-state index >= 15 is 0 Å². The van der Waals surface area contributed by atoms with Crippen molar-refractivity contribution in [3.63, 3.8) is 0 Å². The molecule has 1 aliphatic heterocycles. The second kappa shape index (κ2) is 7.53. The van der Waals surface area contributed by atoms with Crippen LogP contribution in [0, 0.1) is 0 Å². The molecule has 0 atom stereocenters. The zero-order valence-electron chi connectivity index (χ0n) is 16.1. The van der Waals surface area contributed by atoms with Crippen LogP contribution in [-0.4, -0.2) is 27.5 Å². The number of aromatic amines is 1. The van der Waals surface area contributed by atoms with E-state index < -0.39 is 0 Å². The lowest BCUT2D eigenvalue weighted by Gasteiger charge is -2.26. The van der Waals surface area contributed by atoms with Crippen molar-refractivity contribution in [2.45, 2.75) is 19.5 Å². The highest BCUT2D eigenvalue weighted by Crippen LogP contribution is 2.26. The second-order valence-electron chi connectivity index (χ2n) is 7.46. The third kappa shape index (κ3) is 3.52. The summed E-state index contributed by atoms with van der Waals surface area (Å²) in [5, 5.41) is 12.6. The minimum atomic E-state index is -0.122. The average Bonchev–Trinajstić information content (AvgIpc) is 3.16. The number of fused-ring (bicyclic) bond motifs is 2. The molecule has 1 amide bonds. The highest BCUT2D eigenvalue weighted by molar-refractivity contribution is 6.12. The molecule has 2 heterocycles. The topological polar surface area (TPSA) is 61.0 Å². The van der Waals surface area contributed by atoms with Gasteiger partial charge >= 0.3 is 0 Å². The van der Waals surface area contributed by atoms with Gasteiger partial charge in [0.25, 0.3) is 5.91 Å². The fraction of sp³-hybridized carbons (Fsp3) is 0.167. The number of hydrogen-bond acceptors (Lipinski definition) is 3. The van der Waals surface area contributed by atoms with Gasteiger partial charge in [0.1, 0.15) is 0 Å². The molecule has 4 aromatic rings. The van der Waals surface area contributed by atoms with Crippen molar-refractivity contribution in [2.75, 3.05) is 11.9 Å². The van der Waals surface area contributed by atoms with E-state index in [0.29, 0.717) is 11.4 Å². The molecule has 5 heteroatoms. The van der Waals surface area contributed by atoms with Crippen LogP contribution in [-0.2, 0) is 19.5 Å². The van der Waals surface area contributed by atoms with E-state index in [1.54, 1.807) is 0 Å². The average molecular weight is 382 g/mol. The van der Waals surface area contributed by atoms with Gasteiger partial charge in [0.05, 0.1) is 5.69 Å². The minimum Gasteiger partial charge on any atom is -0.305 e. The van der Waals surface area contributed by atoms with E-state index in [0.717, 1.165) is 48.1 Å². The highest BCUT2D eigenvalue weighted by Gasteiger charge is 2.23. The Morgan fingerprint density at radius 2 is 1.79 bits per heavy atom. The molecule has 0 saturated heterocycles. The fourth-order valence-corrected chi connectivity index (χ4v) is 4.05. The number of rotatable bonds is 4. The number of nitrogens with zero attached hydrogens (tertiary/aromatic N) is 2. The first-order valence-electron chi connectivity index (χ1n) is 9.89. The number of carbonyl (C=O) groups is 1. The first kappa shape index (κ1) is 17.6. The van der Waals surface area contributed by atoms with E-state index in [2.05, 4.69) is 44.7 Å². The summed E-state index contributed by atoms with van der Waals surface area (Å²) in [7, 11) is 0. The SMILES string of the molecule is O=C(Nc1n[nH]c2c1CCN(Cc1ccccc1)C2)c1cccc2ccccc12. The number of aromatic nitrogens is 2. The first-order valence-corrected chi connectivity index (χ1v) is 9.89. The van der Waals surface area contributed by atoms with Crippen LogP contribution in [0.2, 0.25) is 0 Å². The van der Waals surface area contributed by atoms with E-state index in [1.807, 2.05) is 48.5 Å². The van der Waals surface area contributed by atoms with Gasteiger partial charge < -0.3 is 5.32 Å². The third-order valence-corrected chi connectivity index (χ3v) is 5.53. The Hall–Kier alpha value is -3.44. The Balaban J connectivity index is 1.33. The summed E-state index contributed by atoms with van der Waals surface area (Å²) in [6.45, 7) is 2.66. The molecule has 3 aromatic carbocycles.